The Kier molecular flexibility index (Phi) is 5.04. The van der Waals surface area contributed by atoms with Crippen LogP contribution in [0, 0.1) is 11.3 Å². The average molecular weight is 282 g/mol. The summed E-state index contributed by atoms with van der Waals surface area (Å²) in [5.41, 5.74) is 1.79. The number of hydrogen-bond acceptors (Lipinski definition) is 3. The first-order valence-electron chi connectivity index (χ1n) is 6.22. The summed E-state index contributed by atoms with van der Waals surface area (Å²) in [4.78, 5) is 5.95. The molecular formula is C15H14N4S. The monoisotopic (exact) mass is 282 g/mol. The Bertz CT molecular complexity index is 592. The van der Waals surface area contributed by atoms with Crippen molar-refractivity contribution in [2.75, 3.05) is 16.8 Å². The number of rotatable bonds is 4. The van der Waals surface area contributed by atoms with E-state index in [1.807, 2.05) is 47.4 Å². The van der Waals surface area contributed by atoms with E-state index in [0.717, 1.165) is 11.4 Å². The largest absolute Gasteiger partial charge is 0.331 e. The van der Waals surface area contributed by atoms with Crippen molar-refractivity contribution in [3.05, 3.63) is 54.9 Å². The molecule has 0 radical (unpaired) electrons. The van der Waals surface area contributed by atoms with E-state index in [4.69, 9.17) is 17.5 Å². The minimum atomic E-state index is 0.407. The van der Waals surface area contributed by atoms with Crippen LogP contribution in [0.5, 0.6) is 0 Å². The number of nitrogens with zero attached hydrogens (tertiary/aromatic N) is 3. The lowest BCUT2D eigenvalue weighted by atomic mass is 10.3. The molecule has 2 rings (SSSR count). The van der Waals surface area contributed by atoms with Crippen LogP contribution in [-0.4, -0.2) is 16.6 Å². The van der Waals surface area contributed by atoms with E-state index in [1.165, 1.54) is 0 Å². The topological polar surface area (TPSA) is 52.0 Å². The lowest BCUT2D eigenvalue weighted by molar-refractivity contribution is 0.977. The molecule has 2 aromatic rings. The van der Waals surface area contributed by atoms with Gasteiger partial charge in [0.15, 0.2) is 5.11 Å². The minimum absolute atomic E-state index is 0.407. The molecule has 1 N–H and O–H groups in total. The van der Waals surface area contributed by atoms with Gasteiger partial charge >= 0.3 is 0 Å². The minimum Gasteiger partial charge on any atom is -0.331 e. The number of hydrogen-bond donors (Lipinski definition) is 1. The second-order valence-electron chi connectivity index (χ2n) is 4.07. The van der Waals surface area contributed by atoms with Crippen LogP contribution in [0.1, 0.15) is 6.42 Å². The molecule has 4 nitrogen and oxygen atoms in total. The van der Waals surface area contributed by atoms with Gasteiger partial charge in [-0.2, -0.15) is 5.26 Å². The number of thiocarbonyl (C=S) groups is 1. The highest BCUT2D eigenvalue weighted by Crippen LogP contribution is 2.16. The summed E-state index contributed by atoms with van der Waals surface area (Å²) in [5.74, 6) is 0. The molecule has 0 spiro atoms. The zero-order chi connectivity index (χ0) is 14.2. The summed E-state index contributed by atoms with van der Waals surface area (Å²) in [6.07, 6.45) is 3.82. The average Bonchev–Trinajstić information content (AvgIpc) is 2.50. The van der Waals surface area contributed by atoms with Crippen LogP contribution in [0.2, 0.25) is 0 Å². The second kappa shape index (κ2) is 7.22. The molecular weight excluding hydrogens is 268 g/mol. The molecule has 0 bridgehead atoms. The first kappa shape index (κ1) is 14.0. The lowest BCUT2D eigenvalue weighted by Crippen LogP contribution is -2.35. The third kappa shape index (κ3) is 3.77. The summed E-state index contributed by atoms with van der Waals surface area (Å²) < 4.78 is 0. The van der Waals surface area contributed by atoms with Crippen LogP contribution in [0.15, 0.2) is 54.9 Å². The second-order valence-corrected chi connectivity index (χ2v) is 4.45. The normalized spacial score (nSPS) is 9.55. The first-order chi connectivity index (χ1) is 9.81. The predicted octanol–water partition coefficient (Wildman–Crippen LogP) is 3.20. The Hall–Kier alpha value is -2.45. The van der Waals surface area contributed by atoms with Crippen molar-refractivity contribution in [1.82, 2.24) is 4.98 Å². The first-order valence-corrected chi connectivity index (χ1v) is 6.62. The number of nitriles is 1. The predicted molar refractivity (Wildman–Crippen MR) is 84.5 cm³/mol. The van der Waals surface area contributed by atoms with E-state index >= 15 is 0 Å². The van der Waals surface area contributed by atoms with Crippen LogP contribution in [0.4, 0.5) is 11.4 Å². The molecule has 0 aliphatic heterocycles. The zero-order valence-corrected chi connectivity index (χ0v) is 11.7. The molecule has 1 aromatic heterocycles. The van der Waals surface area contributed by atoms with Crippen LogP contribution in [-0.2, 0) is 0 Å². The van der Waals surface area contributed by atoms with E-state index in [1.54, 1.807) is 12.4 Å². The molecule has 0 unspecified atom stereocenters. The van der Waals surface area contributed by atoms with Crippen molar-refractivity contribution in [3.63, 3.8) is 0 Å². The van der Waals surface area contributed by atoms with Gasteiger partial charge in [-0.25, -0.2) is 0 Å². The Morgan fingerprint density at radius 3 is 2.70 bits per heavy atom. The molecule has 100 valence electrons. The van der Waals surface area contributed by atoms with E-state index in [0.29, 0.717) is 18.1 Å². The van der Waals surface area contributed by atoms with Gasteiger partial charge in [0.05, 0.1) is 24.4 Å². The fraction of sp³-hybridized carbons (Fsp3) is 0.133. The number of nitrogens with one attached hydrogen (secondary N) is 1. The van der Waals surface area contributed by atoms with Crippen molar-refractivity contribution in [3.8, 4) is 6.07 Å². The number of pyridine rings is 1. The summed E-state index contributed by atoms with van der Waals surface area (Å²) in [6.45, 7) is 0.548. The quantitative estimate of drug-likeness (QED) is 0.873. The highest BCUT2D eigenvalue weighted by atomic mass is 32.1. The molecule has 0 aliphatic rings. The summed E-state index contributed by atoms with van der Waals surface area (Å²) in [6, 6.07) is 15.7. The van der Waals surface area contributed by atoms with Gasteiger partial charge in [-0.15, -0.1) is 0 Å². The summed E-state index contributed by atoms with van der Waals surface area (Å²) in [5, 5.41) is 12.5. The molecule has 0 atom stereocenters. The van der Waals surface area contributed by atoms with Gasteiger partial charge in [0.25, 0.3) is 0 Å². The molecule has 0 saturated heterocycles. The maximum absolute atomic E-state index is 8.78. The number of benzene rings is 1. The number of para-hydroxylation sites is 1. The van der Waals surface area contributed by atoms with E-state index < -0.39 is 0 Å². The number of anilines is 2. The van der Waals surface area contributed by atoms with Crippen LogP contribution in [0.25, 0.3) is 0 Å². The van der Waals surface area contributed by atoms with E-state index in [9.17, 15) is 0 Å². The van der Waals surface area contributed by atoms with Crippen molar-refractivity contribution >= 4 is 28.7 Å². The Labute approximate surface area is 123 Å². The molecule has 0 amide bonds. The van der Waals surface area contributed by atoms with Gasteiger partial charge in [0, 0.05) is 18.4 Å². The molecule has 0 saturated carbocycles. The Balaban J connectivity index is 2.14. The number of aromatic nitrogens is 1. The van der Waals surface area contributed by atoms with Gasteiger partial charge < -0.3 is 10.2 Å². The van der Waals surface area contributed by atoms with E-state index in [2.05, 4.69) is 16.4 Å². The molecule has 0 fully saturated rings. The van der Waals surface area contributed by atoms with Crippen LogP contribution < -0.4 is 10.2 Å². The van der Waals surface area contributed by atoms with Crippen molar-refractivity contribution in [1.29, 1.82) is 5.26 Å². The molecule has 0 aliphatic carbocycles. The fourth-order valence-electron chi connectivity index (χ4n) is 1.75. The molecule has 5 heteroatoms. The zero-order valence-electron chi connectivity index (χ0n) is 10.9. The summed E-state index contributed by atoms with van der Waals surface area (Å²) in [7, 11) is 0. The molecule has 20 heavy (non-hydrogen) atoms. The van der Waals surface area contributed by atoms with Gasteiger partial charge in [-0.3, -0.25) is 4.98 Å². The standard InChI is InChI=1S/C15H14N4S/c16-9-5-11-19(14-7-2-1-3-8-14)15(20)18-13-6-4-10-17-12-13/h1-4,6-8,10,12H,5,11H2,(H,18,20). The highest BCUT2D eigenvalue weighted by Gasteiger charge is 2.11. The Morgan fingerprint density at radius 1 is 1.25 bits per heavy atom. The smallest absolute Gasteiger partial charge is 0.178 e. The van der Waals surface area contributed by atoms with E-state index in [-0.39, 0.29) is 0 Å². The Morgan fingerprint density at radius 2 is 2.05 bits per heavy atom. The lowest BCUT2D eigenvalue weighted by Gasteiger charge is -2.25. The highest BCUT2D eigenvalue weighted by molar-refractivity contribution is 7.80. The fourth-order valence-corrected chi connectivity index (χ4v) is 2.06. The molecule has 1 aromatic carbocycles. The van der Waals surface area contributed by atoms with Gasteiger partial charge in [0.2, 0.25) is 0 Å². The third-order valence-corrected chi connectivity index (χ3v) is 3.00. The van der Waals surface area contributed by atoms with Gasteiger partial charge in [-0.05, 0) is 36.5 Å². The van der Waals surface area contributed by atoms with Crippen molar-refractivity contribution < 1.29 is 0 Å². The maximum atomic E-state index is 8.78. The maximum Gasteiger partial charge on any atom is 0.178 e. The summed E-state index contributed by atoms with van der Waals surface area (Å²) >= 11 is 5.43. The van der Waals surface area contributed by atoms with Gasteiger partial charge in [-0.1, -0.05) is 18.2 Å². The SMILES string of the molecule is N#CCCN(C(=S)Nc1cccnc1)c1ccccc1. The van der Waals surface area contributed by atoms with Crippen molar-refractivity contribution in [2.45, 2.75) is 6.42 Å². The van der Waals surface area contributed by atoms with Crippen LogP contribution in [0.3, 0.4) is 0 Å². The van der Waals surface area contributed by atoms with Crippen LogP contribution >= 0.6 is 12.2 Å². The third-order valence-electron chi connectivity index (χ3n) is 2.67. The van der Waals surface area contributed by atoms with Crippen molar-refractivity contribution in [2.24, 2.45) is 0 Å². The molecule has 1 heterocycles. The van der Waals surface area contributed by atoms with Gasteiger partial charge in [0.1, 0.15) is 0 Å².